The number of nitrogens with one attached hydrogen (secondary N) is 2. The lowest BCUT2D eigenvalue weighted by Crippen LogP contribution is -2.83. The Balaban J connectivity index is 1.21. The second kappa shape index (κ2) is 8.35. The molecule has 160 valence electrons. The van der Waals surface area contributed by atoms with Crippen LogP contribution in [0.4, 0.5) is 4.39 Å². The molecule has 0 heterocycles. The average molecular weight is 453 g/mol. The van der Waals surface area contributed by atoms with E-state index in [-0.39, 0.29) is 46.9 Å². The number of carbonyl (C=O) groups is 1. The van der Waals surface area contributed by atoms with Crippen LogP contribution in [0.5, 0.6) is 5.75 Å². The Hall–Kier alpha value is -1.86. The molecule has 2 aromatic carbocycles. The van der Waals surface area contributed by atoms with Gasteiger partial charge in [-0.2, -0.15) is 0 Å². The largest absolute Gasteiger partial charge is 0.484 e. The number of carbonyl (C=O) groups excluding carboxylic acids is 1. The zero-order chi connectivity index (χ0) is 21.4. The molecule has 0 aromatic heterocycles. The number of aliphatic hydroxyl groups is 1. The summed E-state index contributed by atoms with van der Waals surface area (Å²) in [6.45, 7) is 0.537. The van der Waals surface area contributed by atoms with Gasteiger partial charge in [0.15, 0.2) is 6.61 Å². The van der Waals surface area contributed by atoms with Crippen molar-refractivity contribution < 1.29 is 19.0 Å². The highest BCUT2D eigenvalue weighted by Gasteiger charge is 2.68. The van der Waals surface area contributed by atoms with Gasteiger partial charge in [0.2, 0.25) is 0 Å². The van der Waals surface area contributed by atoms with Crippen molar-refractivity contribution >= 4 is 29.1 Å². The third-order valence-electron chi connectivity index (χ3n) is 5.98. The maximum absolute atomic E-state index is 13.4. The Morgan fingerprint density at radius 3 is 2.47 bits per heavy atom. The van der Waals surface area contributed by atoms with Gasteiger partial charge >= 0.3 is 0 Å². The lowest BCUT2D eigenvalue weighted by Gasteiger charge is -2.71. The molecule has 1 unspecified atom stereocenters. The van der Waals surface area contributed by atoms with Crippen LogP contribution in [0.3, 0.4) is 0 Å². The van der Waals surface area contributed by atoms with Crippen LogP contribution in [0.1, 0.15) is 30.7 Å². The van der Waals surface area contributed by atoms with E-state index in [1.54, 1.807) is 0 Å². The number of hydrogen-bond donors (Lipinski definition) is 3. The summed E-state index contributed by atoms with van der Waals surface area (Å²) in [7, 11) is 0. The van der Waals surface area contributed by atoms with Crippen LogP contribution in [0, 0.1) is 5.82 Å². The first-order valence-electron chi connectivity index (χ1n) is 9.82. The number of hydrogen-bond acceptors (Lipinski definition) is 4. The number of amides is 1. The van der Waals surface area contributed by atoms with Gasteiger partial charge in [0, 0.05) is 34.6 Å². The molecule has 2 bridgehead atoms. The van der Waals surface area contributed by atoms with Crippen LogP contribution in [0.25, 0.3) is 0 Å². The van der Waals surface area contributed by atoms with E-state index < -0.39 is 5.82 Å². The highest BCUT2D eigenvalue weighted by Crippen LogP contribution is 2.60. The predicted octanol–water partition coefficient (Wildman–Crippen LogP) is 3.67. The topological polar surface area (TPSA) is 70.6 Å². The van der Waals surface area contributed by atoms with Gasteiger partial charge in [-0.1, -0.05) is 35.3 Å². The van der Waals surface area contributed by atoms with Crippen LogP contribution in [0.2, 0.25) is 10.0 Å². The van der Waals surface area contributed by atoms with E-state index >= 15 is 0 Å². The van der Waals surface area contributed by atoms with Crippen LogP contribution >= 0.6 is 23.2 Å². The van der Waals surface area contributed by atoms with E-state index in [1.807, 2.05) is 24.3 Å². The van der Waals surface area contributed by atoms with Crippen molar-refractivity contribution in [3.8, 4) is 5.75 Å². The minimum absolute atomic E-state index is 0.00463. The van der Waals surface area contributed by atoms with E-state index in [1.165, 1.54) is 12.1 Å². The molecule has 3 aliphatic carbocycles. The van der Waals surface area contributed by atoms with Crippen molar-refractivity contribution in [3.63, 3.8) is 0 Å². The Morgan fingerprint density at radius 1 is 1.13 bits per heavy atom. The van der Waals surface area contributed by atoms with Crippen molar-refractivity contribution in [3.05, 3.63) is 63.9 Å². The normalized spacial score (nSPS) is 25.1. The summed E-state index contributed by atoms with van der Waals surface area (Å²) in [4.78, 5) is 12.2. The van der Waals surface area contributed by atoms with Gasteiger partial charge in [-0.25, -0.2) is 4.39 Å². The molecule has 8 heteroatoms. The molecule has 1 atom stereocenters. The lowest BCUT2D eigenvalue weighted by atomic mass is 9.44. The van der Waals surface area contributed by atoms with Crippen molar-refractivity contribution in [2.24, 2.45) is 0 Å². The van der Waals surface area contributed by atoms with Crippen LogP contribution in [-0.2, 0) is 4.79 Å². The second-order valence-corrected chi connectivity index (χ2v) is 9.16. The van der Waals surface area contributed by atoms with Gasteiger partial charge in [0.25, 0.3) is 5.91 Å². The summed E-state index contributed by atoms with van der Waals surface area (Å²) < 4.78 is 18.8. The average Bonchev–Trinajstić information content (AvgIpc) is 2.67. The molecule has 5 nitrogen and oxygen atoms in total. The fraction of sp³-hybridized carbons (Fsp3) is 0.409. The molecule has 0 spiro atoms. The molecule has 1 amide bonds. The molecule has 5 rings (SSSR count). The molecule has 3 aliphatic rings. The number of ether oxygens (including phenoxy) is 1. The molecular formula is C22H23Cl2FN2O3. The van der Waals surface area contributed by atoms with Crippen LogP contribution in [0.15, 0.2) is 42.5 Å². The summed E-state index contributed by atoms with van der Waals surface area (Å²) >= 11 is 11.6. The molecule has 2 aromatic rings. The Labute approximate surface area is 184 Å². The van der Waals surface area contributed by atoms with E-state index in [9.17, 15) is 14.3 Å². The van der Waals surface area contributed by atoms with Crippen molar-refractivity contribution in [1.82, 2.24) is 10.6 Å². The van der Waals surface area contributed by atoms with E-state index in [2.05, 4.69) is 10.6 Å². The summed E-state index contributed by atoms with van der Waals surface area (Å²) in [5, 5.41) is 17.0. The maximum atomic E-state index is 13.4. The third-order valence-corrected chi connectivity index (χ3v) is 6.54. The Bertz CT molecular complexity index is 919. The molecule has 30 heavy (non-hydrogen) atoms. The van der Waals surface area contributed by atoms with E-state index in [0.29, 0.717) is 11.6 Å². The summed E-state index contributed by atoms with van der Waals surface area (Å²) in [6, 6.07) is 11.6. The van der Waals surface area contributed by atoms with Gasteiger partial charge in [-0.15, -0.1) is 0 Å². The van der Waals surface area contributed by atoms with E-state index in [0.717, 1.165) is 30.9 Å². The van der Waals surface area contributed by atoms with Gasteiger partial charge in [-0.3, -0.25) is 4.79 Å². The fourth-order valence-electron chi connectivity index (χ4n) is 4.52. The zero-order valence-electron chi connectivity index (χ0n) is 16.3. The third kappa shape index (κ3) is 4.42. The minimum Gasteiger partial charge on any atom is -0.484 e. The minimum atomic E-state index is -0.582. The first-order valence-corrected chi connectivity index (χ1v) is 10.6. The van der Waals surface area contributed by atoms with Crippen LogP contribution < -0.4 is 15.4 Å². The molecule has 0 saturated heterocycles. The summed E-state index contributed by atoms with van der Waals surface area (Å²) in [5.41, 5.74) is 0.876. The first kappa shape index (κ1) is 21.4. The molecule has 3 saturated carbocycles. The molecule has 0 radical (unpaired) electrons. The number of aliphatic hydroxyl groups excluding tert-OH is 1. The summed E-state index contributed by atoms with van der Waals surface area (Å²) in [5.74, 6) is -0.551. The molecular weight excluding hydrogens is 430 g/mol. The first-order chi connectivity index (χ1) is 14.3. The highest BCUT2D eigenvalue weighted by molar-refractivity contribution is 6.30. The van der Waals surface area contributed by atoms with Crippen molar-refractivity contribution in [2.45, 2.75) is 36.3 Å². The maximum Gasteiger partial charge on any atom is 0.258 e. The molecule has 3 N–H and O–H groups in total. The van der Waals surface area contributed by atoms with Gasteiger partial charge < -0.3 is 20.5 Å². The fourth-order valence-corrected chi connectivity index (χ4v) is 4.76. The Kier molecular flexibility index (Phi) is 5.95. The van der Waals surface area contributed by atoms with Gasteiger partial charge in [0.1, 0.15) is 11.6 Å². The predicted molar refractivity (Wildman–Crippen MR) is 114 cm³/mol. The van der Waals surface area contributed by atoms with Gasteiger partial charge in [0.05, 0.1) is 11.6 Å². The zero-order valence-corrected chi connectivity index (χ0v) is 17.8. The van der Waals surface area contributed by atoms with E-state index in [4.69, 9.17) is 27.9 Å². The SMILES string of the molecule is O=C(COc1ccc(Cl)c(F)c1)NC12CC(NCC(CO)c3ccc(Cl)cc3)(C1)C2. The highest BCUT2D eigenvalue weighted by atomic mass is 35.5. The van der Waals surface area contributed by atoms with Crippen molar-refractivity contribution in [2.75, 3.05) is 19.8 Å². The van der Waals surface area contributed by atoms with Gasteiger partial charge in [-0.05, 0) is 49.1 Å². The quantitative estimate of drug-likeness (QED) is 0.542. The smallest absolute Gasteiger partial charge is 0.258 e. The number of rotatable bonds is 9. The monoisotopic (exact) mass is 452 g/mol. The molecule has 3 fully saturated rings. The number of benzene rings is 2. The number of halogens is 3. The van der Waals surface area contributed by atoms with Crippen LogP contribution in [-0.4, -0.2) is 41.9 Å². The summed E-state index contributed by atoms with van der Waals surface area (Å²) in [6.07, 6.45) is 2.54. The standard InChI is InChI=1S/C22H23Cl2FN2O3/c23-16-3-1-14(2-4-16)15(9-28)8-26-21-11-22(12-21,13-21)27-20(29)10-30-17-5-6-18(24)19(25)7-17/h1-7,15,26,28H,8-13H2,(H,27,29). The lowest BCUT2D eigenvalue weighted by molar-refractivity contribution is -0.143. The second-order valence-electron chi connectivity index (χ2n) is 8.32. The molecule has 0 aliphatic heterocycles. The Morgan fingerprint density at radius 2 is 1.83 bits per heavy atom. The van der Waals surface area contributed by atoms with Crippen molar-refractivity contribution in [1.29, 1.82) is 0 Å².